The van der Waals surface area contributed by atoms with Crippen LogP contribution in [0.2, 0.25) is 0 Å². The maximum absolute atomic E-state index is 12.9. The van der Waals surface area contributed by atoms with Crippen LogP contribution in [0.25, 0.3) is 0 Å². The molecule has 2 rings (SSSR count). The Labute approximate surface area is 113 Å². The van der Waals surface area contributed by atoms with Gasteiger partial charge in [-0.05, 0) is 46.5 Å². The van der Waals surface area contributed by atoms with Crippen LogP contribution in [-0.4, -0.2) is 29.8 Å². The van der Waals surface area contributed by atoms with Crippen LogP contribution in [0.5, 0.6) is 0 Å². The van der Waals surface area contributed by atoms with Gasteiger partial charge in [0, 0.05) is 23.4 Å². The first-order valence-electron chi connectivity index (χ1n) is 5.42. The number of likely N-dealkylation sites (tertiary alicyclic amines) is 1. The molecule has 2 nitrogen and oxygen atoms in total. The van der Waals surface area contributed by atoms with Crippen molar-refractivity contribution in [2.75, 3.05) is 19.0 Å². The minimum Gasteiger partial charge on any atom is -0.338 e. The predicted octanol–water partition coefficient (Wildman–Crippen LogP) is 3.29. The maximum atomic E-state index is 12.9. The van der Waals surface area contributed by atoms with Gasteiger partial charge in [0.05, 0.1) is 5.56 Å². The molecule has 0 saturated carbocycles. The highest BCUT2D eigenvalue weighted by Crippen LogP contribution is 2.24. The molecule has 1 amide bonds. The van der Waals surface area contributed by atoms with E-state index >= 15 is 0 Å². The van der Waals surface area contributed by atoms with Crippen molar-refractivity contribution >= 4 is 33.4 Å². The van der Waals surface area contributed by atoms with Crippen LogP contribution < -0.4 is 0 Å². The summed E-state index contributed by atoms with van der Waals surface area (Å²) in [6.07, 6.45) is 0.939. The summed E-state index contributed by atoms with van der Waals surface area (Å²) in [4.78, 5) is 13.9. The van der Waals surface area contributed by atoms with Gasteiger partial charge >= 0.3 is 0 Å². The molecule has 0 N–H and O–H groups in total. The second-order valence-electron chi connectivity index (χ2n) is 4.18. The van der Waals surface area contributed by atoms with Gasteiger partial charge in [-0.2, -0.15) is 0 Å². The van der Waals surface area contributed by atoms with Gasteiger partial charge in [0.15, 0.2) is 0 Å². The van der Waals surface area contributed by atoms with Gasteiger partial charge in [0.25, 0.3) is 5.91 Å². The number of rotatable bonds is 2. The molecule has 0 aliphatic carbocycles. The van der Waals surface area contributed by atoms with Crippen molar-refractivity contribution in [2.45, 2.75) is 6.42 Å². The summed E-state index contributed by atoms with van der Waals surface area (Å²) in [5.41, 5.74) is 0.502. The van der Waals surface area contributed by atoms with Crippen molar-refractivity contribution in [3.63, 3.8) is 0 Å². The Morgan fingerprint density at radius 1 is 1.59 bits per heavy atom. The number of halogens is 3. The quantitative estimate of drug-likeness (QED) is 0.766. The van der Waals surface area contributed by atoms with Gasteiger partial charge in [0.1, 0.15) is 5.82 Å². The van der Waals surface area contributed by atoms with Crippen LogP contribution in [-0.2, 0) is 0 Å². The highest BCUT2D eigenvalue weighted by atomic mass is 79.9. The van der Waals surface area contributed by atoms with Crippen molar-refractivity contribution < 1.29 is 9.18 Å². The average molecular weight is 321 g/mol. The van der Waals surface area contributed by atoms with Crippen LogP contribution in [0.4, 0.5) is 4.39 Å². The third-order valence-corrected chi connectivity index (χ3v) is 4.05. The average Bonchev–Trinajstić information content (AvgIpc) is 2.76. The Morgan fingerprint density at radius 3 is 2.94 bits per heavy atom. The van der Waals surface area contributed by atoms with E-state index in [0.29, 0.717) is 28.4 Å². The molecule has 1 aromatic carbocycles. The fourth-order valence-corrected chi connectivity index (χ4v) is 2.75. The molecule has 1 aromatic rings. The summed E-state index contributed by atoms with van der Waals surface area (Å²) in [5.74, 6) is 0.534. The SMILES string of the molecule is O=C(c1ccc(F)cc1Br)N1CCC(CCl)C1. The van der Waals surface area contributed by atoms with Gasteiger partial charge in [0.2, 0.25) is 0 Å². The number of hydrogen-bond acceptors (Lipinski definition) is 1. The van der Waals surface area contributed by atoms with E-state index in [9.17, 15) is 9.18 Å². The van der Waals surface area contributed by atoms with Crippen molar-refractivity contribution in [3.05, 3.63) is 34.1 Å². The fraction of sp³-hybridized carbons (Fsp3) is 0.417. The molecule has 1 aliphatic rings. The molecule has 0 radical (unpaired) electrons. The van der Waals surface area contributed by atoms with Gasteiger partial charge in [-0.25, -0.2) is 4.39 Å². The van der Waals surface area contributed by atoms with Crippen LogP contribution >= 0.6 is 27.5 Å². The second-order valence-corrected chi connectivity index (χ2v) is 5.35. The Bertz CT molecular complexity index is 441. The van der Waals surface area contributed by atoms with E-state index in [2.05, 4.69) is 15.9 Å². The molecule has 1 aliphatic heterocycles. The lowest BCUT2D eigenvalue weighted by Gasteiger charge is -2.17. The topological polar surface area (TPSA) is 20.3 Å². The predicted molar refractivity (Wildman–Crippen MR) is 68.8 cm³/mol. The number of hydrogen-bond donors (Lipinski definition) is 0. The van der Waals surface area contributed by atoms with Gasteiger partial charge in [-0.3, -0.25) is 4.79 Å². The van der Waals surface area contributed by atoms with Gasteiger partial charge in [-0.1, -0.05) is 0 Å². The Morgan fingerprint density at radius 2 is 2.35 bits per heavy atom. The summed E-state index contributed by atoms with van der Waals surface area (Å²) in [6.45, 7) is 1.41. The Kier molecular flexibility index (Phi) is 4.05. The molecule has 0 bridgehead atoms. The minimum absolute atomic E-state index is 0.0653. The first-order valence-corrected chi connectivity index (χ1v) is 6.75. The Hall–Kier alpha value is -0.610. The molecule has 92 valence electrons. The number of alkyl halides is 1. The summed E-state index contributed by atoms with van der Waals surface area (Å²) in [6, 6.07) is 4.12. The number of carbonyl (C=O) groups is 1. The van der Waals surface area contributed by atoms with Crippen LogP contribution in [0.3, 0.4) is 0 Å². The molecule has 1 heterocycles. The first kappa shape index (κ1) is 12.8. The van der Waals surface area contributed by atoms with Crippen LogP contribution in [0, 0.1) is 11.7 Å². The van der Waals surface area contributed by atoms with Crippen molar-refractivity contribution in [3.8, 4) is 0 Å². The third kappa shape index (κ3) is 2.80. The molecule has 0 aromatic heterocycles. The molecule has 17 heavy (non-hydrogen) atoms. The summed E-state index contributed by atoms with van der Waals surface area (Å²) < 4.78 is 13.4. The zero-order valence-corrected chi connectivity index (χ0v) is 11.5. The first-order chi connectivity index (χ1) is 8.11. The summed E-state index contributed by atoms with van der Waals surface area (Å²) >= 11 is 8.99. The maximum Gasteiger partial charge on any atom is 0.255 e. The van der Waals surface area contributed by atoms with Crippen LogP contribution in [0.15, 0.2) is 22.7 Å². The van der Waals surface area contributed by atoms with Crippen LogP contribution in [0.1, 0.15) is 16.8 Å². The molecule has 1 atom stereocenters. The minimum atomic E-state index is -0.353. The van der Waals surface area contributed by atoms with E-state index < -0.39 is 0 Å². The lowest BCUT2D eigenvalue weighted by atomic mass is 10.1. The summed E-state index contributed by atoms with van der Waals surface area (Å²) in [5, 5.41) is 0. The lowest BCUT2D eigenvalue weighted by molar-refractivity contribution is 0.0787. The van der Waals surface area contributed by atoms with Gasteiger partial charge < -0.3 is 4.90 Å². The molecule has 0 spiro atoms. The van der Waals surface area contributed by atoms with Crippen molar-refractivity contribution in [1.29, 1.82) is 0 Å². The van der Waals surface area contributed by atoms with Crippen molar-refractivity contribution in [2.24, 2.45) is 5.92 Å². The van der Waals surface area contributed by atoms with E-state index in [4.69, 9.17) is 11.6 Å². The normalized spacial score (nSPS) is 19.7. The van der Waals surface area contributed by atoms with E-state index in [1.54, 1.807) is 4.90 Å². The molecule has 5 heteroatoms. The van der Waals surface area contributed by atoms with Gasteiger partial charge in [-0.15, -0.1) is 11.6 Å². The standard InChI is InChI=1S/C12H12BrClFNO/c13-11-5-9(15)1-2-10(11)12(17)16-4-3-8(6-14)7-16/h1-2,5,8H,3-4,6-7H2. The third-order valence-electron chi connectivity index (χ3n) is 2.95. The zero-order chi connectivity index (χ0) is 12.4. The monoisotopic (exact) mass is 319 g/mol. The lowest BCUT2D eigenvalue weighted by Crippen LogP contribution is -2.29. The highest BCUT2D eigenvalue weighted by molar-refractivity contribution is 9.10. The zero-order valence-electron chi connectivity index (χ0n) is 9.13. The second kappa shape index (κ2) is 5.36. The number of carbonyl (C=O) groups excluding carboxylic acids is 1. The van der Waals surface area contributed by atoms with E-state index in [0.717, 1.165) is 13.0 Å². The molecule has 1 saturated heterocycles. The van der Waals surface area contributed by atoms with E-state index in [-0.39, 0.29) is 11.7 Å². The largest absolute Gasteiger partial charge is 0.338 e. The van der Waals surface area contributed by atoms with E-state index in [1.807, 2.05) is 0 Å². The number of nitrogens with zero attached hydrogens (tertiary/aromatic N) is 1. The Balaban J connectivity index is 2.15. The molecule has 1 unspecified atom stereocenters. The van der Waals surface area contributed by atoms with E-state index in [1.165, 1.54) is 18.2 Å². The smallest absolute Gasteiger partial charge is 0.255 e. The molecule has 1 fully saturated rings. The number of benzene rings is 1. The fourth-order valence-electron chi connectivity index (χ4n) is 1.98. The molecular weight excluding hydrogens is 308 g/mol. The highest BCUT2D eigenvalue weighted by Gasteiger charge is 2.27. The number of amides is 1. The molecular formula is C12H12BrClFNO. The van der Waals surface area contributed by atoms with Crippen molar-refractivity contribution in [1.82, 2.24) is 4.90 Å². The summed E-state index contributed by atoms with van der Waals surface area (Å²) in [7, 11) is 0.